The van der Waals surface area contributed by atoms with Gasteiger partial charge in [0, 0.05) is 44.1 Å². The van der Waals surface area contributed by atoms with Crippen LogP contribution < -0.4 is 0 Å². The SMILES string of the molecule is Cc1cc(C)c(C(=O)N2CCCN(Cc3ccc(F)cc3)C(C(C)C)C2)cn1. The summed E-state index contributed by atoms with van der Waals surface area (Å²) in [5.74, 6) is 0.268. The number of amides is 1. The summed E-state index contributed by atoms with van der Waals surface area (Å²) in [5.41, 5.74) is 3.70. The molecule has 0 bridgehead atoms. The largest absolute Gasteiger partial charge is 0.337 e. The molecule has 2 heterocycles. The summed E-state index contributed by atoms with van der Waals surface area (Å²) in [5, 5.41) is 0. The van der Waals surface area contributed by atoms with E-state index >= 15 is 0 Å². The Bertz CT molecular complexity index is 819. The summed E-state index contributed by atoms with van der Waals surface area (Å²) in [6.45, 7) is 11.5. The molecular formula is C23H30FN3O. The number of benzene rings is 1. The predicted molar refractivity (Wildman–Crippen MR) is 110 cm³/mol. The Morgan fingerprint density at radius 2 is 1.93 bits per heavy atom. The Balaban J connectivity index is 1.78. The van der Waals surface area contributed by atoms with Gasteiger partial charge in [-0.25, -0.2) is 4.39 Å². The van der Waals surface area contributed by atoms with Crippen LogP contribution in [0.25, 0.3) is 0 Å². The van der Waals surface area contributed by atoms with Gasteiger partial charge >= 0.3 is 0 Å². The first-order chi connectivity index (χ1) is 13.3. The number of halogens is 1. The van der Waals surface area contributed by atoms with Crippen LogP contribution in [-0.4, -0.2) is 46.4 Å². The first-order valence-corrected chi connectivity index (χ1v) is 10.1. The second-order valence-electron chi connectivity index (χ2n) is 8.15. The zero-order valence-corrected chi connectivity index (χ0v) is 17.3. The molecule has 1 atom stereocenters. The molecule has 2 aromatic rings. The first-order valence-electron chi connectivity index (χ1n) is 10.1. The highest BCUT2D eigenvalue weighted by Crippen LogP contribution is 2.22. The molecule has 28 heavy (non-hydrogen) atoms. The third-order valence-corrected chi connectivity index (χ3v) is 5.58. The van der Waals surface area contributed by atoms with Gasteiger partial charge in [0.2, 0.25) is 0 Å². The van der Waals surface area contributed by atoms with Crippen molar-refractivity contribution in [3.05, 3.63) is 64.7 Å². The highest BCUT2D eigenvalue weighted by molar-refractivity contribution is 5.95. The predicted octanol–water partition coefficient (Wildman–Crippen LogP) is 4.21. The first kappa shape index (κ1) is 20.5. The molecule has 5 heteroatoms. The number of aromatic nitrogens is 1. The van der Waals surface area contributed by atoms with Crippen LogP contribution in [0.2, 0.25) is 0 Å². The Hall–Kier alpha value is -2.27. The number of rotatable bonds is 4. The monoisotopic (exact) mass is 383 g/mol. The van der Waals surface area contributed by atoms with Crippen molar-refractivity contribution in [2.24, 2.45) is 5.92 Å². The van der Waals surface area contributed by atoms with Crippen LogP contribution in [0, 0.1) is 25.6 Å². The van der Waals surface area contributed by atoms with Gasteiger partial charge in [-0.3, -0.25) is 14.7 Å². The summed E-state index contributed by atoms with van der Waals surface area (Å²) in [6, 6.07) is 8.95. The van der Waals surface area contributed by atoms with Crippen LogP contribution in [0.15, 0.2) is 36.5 Å². The number of carbonyl (C=O) groups excluding carboxylic acids is 1. The van der Waals surface area contributed by atoms with E-state index in [1.165, 1.54) is 12.1 Å². The lowest BCUT2D eigenvalue weighted by Crippen LogP contribution is -2.45. The molecule has 1 aliphatic heterocycles. The van der Waals surface area contributed by atoms with E-state index in [2.05, 4.69) is 23.7 Å². The topological polar surface area (TPSA) is 36.4 Å². The minimum atomic E-state index is -0.209. The van der Waals surface area contributed by atoms with E-state index in [4.69, 9.17) is 0 Å². The molecule has 1 unspecified atom stereocenters. The van der Waals surface area contributed by atoms with E-state index in [0.717, 1.165) is 42.9 Å². The van der Waals surface area contributed by atoms with Crippen molar-refractivity contribution in [2.75, 3.05) is 19.6 Å². The summed E-state index contributed by atoms with van der Waals surface area (Å²) >= 11 is 0. The fourth-order valence-corrected chi connectivity index (χ4v) is 3.99. The van der Waals surface area contributed by atoms with Gasteiger partial charge in [-0.1, -0.05) is 26.0 Å². The molecule has 3 rings (SSSR count). The van der Waals surface area contributed by atoms with Gasteiger partial charge in [0.1, 0.15) is 5.82 Å². The zero-order valence-electron chi connectivity index (χ0n) is 17.3. The van der Waals surface area contributed by atoms with Crippen molar-refractivity contribution >= 4 is 5.91 Å². The molecule has 0 spiro atoms. The maximum Gasteiger partial charge on any atom is 0.255 e. The van der Waals surface area contributed by atoms with Crippen LogP contribution >= 0.6 is 0 Å². The molecule has 4 nitrogen and oxygen atoms in total. The van der Waals surface area contributed by atoms with Gasteiger partial charge < -0.3 is 4.90 Å². The van der Waals surface area contributed by atoms with E-state index in [-0.39, 0.29) is 17.8 Å². The Morgan fingerprint density at radius 1 is 1.21 bits per heavy atom. The quantitative estimate of drug-likeness (QED) is 0.794. The summed E-state index contributed by atoms with van der Waals surface area (Å²) in [4.78, 5) is 21.9. The lowest BCUT2D eigenvalue weighted by Gasteiger charge is -2.34. The van der Waals surface area contributed by atoms with Gasteiger partial charge in [0.05, 0.1) is 5.56 Å². The molecule has 1 aliphatic rings. The maximum absolute atomic E-state index is 13.2. The van der Waals surface area contributed by atoms with E-state index < -0.39 is 0 Å². The lowest BCUT2D eigenvalue weighted by molar-refractivity contribution is 0.0701. The van der Waals surface area contributed by atoms with Gasteiger partial charge in [-0.05, 0) is 55.5 Å². The van der Waals surface area contributed by atoms with Crippen molar-refractivity contribution in [1.82, 2.24) is 14.8 Å². The van der Waals surface area contributed by atoms with Crippen LogP contribution in [0.5, 0.6) is 0 Å². The molecule has 150 valence electrons. The summed E-state index contributed by atoms with van der Waals surface area (Å²) in [6.07, 6.45) is 2.63. The van der Waals surface area contributed by atoms with E-state index in [9.17, 15) is 9.18 Å². The van der Waals surface area contributed by atoms with Gasteiger partial charge in [-0.2, -0.15) is 0 Å². The molecule has 1 amide bonds. The lowest BCUT2D eigenvalue weighted by atomic mass is 10.0. The Kier molecular flexibility index (Phi) is 6.45. The number of nitrogens with zero attached hydrogens (tertiary/aromatic N) is 3. The zero-order chi connectivity index (χ0) is 20.3. The molecular weight excluding hydrogens is 353 g/mol. The molecule has 1 fully saturated rings. The van der Waals surface area contributed by atoms with E-state index in [1.54, 1.807) is 6.20 Å². The van der Waals surface area contributed by atoms with Crippen LogP contribution in [0.3, 0.4) is 0 Å². The number of pyridine rings is 1. The van der Waals surface area contributed by atoms with Gasteiger partial charge in [0.25, 0.3) is 5.91 Å². The van der Waals surface area contributed by atoms with Crippen LogP contribution in [0.4, 0.5) is 4.39 Å². The summed E-state index contributed by atoms with van der Waals surface area (Å²) < 4.78 is 13.2. The molecule has 0 N–H and O–H groups in total. The highest BCUT2D eigenvalue weighted by Gasteiger charge is 2.30. The fraction of sp³-hybridized carbons (Fsp3) is 0.478. The van der Waals surface area contributed by atoms with Crippen molar-refractivity contribution < 1.29 is 9.18 Å². The molecule has 1 aromatic carbocycles. The van der Waals surface area contributed by atoms with E-state index in [1.807, 2.05) is 36.9 Å². The van der Waals surface area contributed by atoms with Crippen molar-refractivity contribution in [2.45, 2.75) is 46.7 Å². The van der Waals surface area contributed by atoms with Crippen molar-refractivity contribution in [3.8, 4) is 0 Å². The van der Waals surface area contributed by atoms with Crippen molar-refractivity contribution in [1.29, 1.82) is 0 Å². The number of carbonyl (C=O) groups is 1. The average molecular weight is 384 g/mol. The second-order valence-corrected chi connectivity index (χ2v) is 8.15. The smallest absolute Gasteiger partial charge is 0.255 e. The molecule has 0 radical (unpaired) electrons. The number of hydrogen-bond donors (Lipinski definition) is 0. The molecule has 0 aliphatic carbocycles. The fourth-order valence-electron chi connectivity index (χ4n) is 3.99. The highest BCUT2D eigenvalue weighted by atomic mass is 19.1. The Morgan fingerprint density at radius 3 is 2.57 bits per heavy atom. The third-order valence-electron chi connectivity index (χ3n) is 5.58. The molecule has 0 saturated carbocycles. The summed E-state index contributed by atoms with van der Waals surface area (Å²) in [7, 11) is 0. The minimum absolute atomic E-state index is 0.0688. The standard InChI is InChI=1S/C23H30FN3O/c1-16(2)22-15-27(23(28)21-13-25-18(4)12-17(21)3)11-5-10-26(22)14-19-6-8-20(24)9-7-19/h6-9,12-13,16,22H,5,10-11,14-15H2,1-4H3. The van der Waals surface area contributed by atoms with Gasteiger partial charge in [0.15, 0.2) is 0 Å². The van der Waals surface area contributed by atoms with Gasteiger partial charge in [-0.15, -0.1) is 0 Å². The Labute approximate surface area is 167 Å². The third kappa shape index (κ3) is 4.76. The second kappa shape index (κ2) is 8.82. The number of hydrogen-bond acceptors (Lipinski definition) is 3. The molecule has 1 aromatic heterocycles. The normalized spacial score (nSPS) is 18.4. The van der Waals surface area contributed by atoms with Crippen LogP contribution in [-0.2, 0) is 6.54 Å². The molecule has 1 saturated heterocycles. The number of aryl methyl sites for hydroxylation is 2. The van der Waals surface area contributed by atoms with E-state index in [0.29, 0.717) is 18.0 Å². The average Bonchev–Trinajstić information content (AvgIpc) is 2.86. The van der Waals surface area contributed by atoms with Crippen molar-refractivity contribution in [3.63, 3.8) is 0 Å². The van der Waals surface area contributed by atoms with Crippen LogP contribution in [0.1, 0.15) is 47.4 Å². The minimum Gasteiger partial charge on any atom is -0.337 e. The maximum atomic E-state index is 13.2.